The highest BCUT2D eigenvalue weighted by atomic mass is 35.5. The maximum absolute atomic E-state index is 15.4. The third-order valence-electron chi connectivity index (χ3n) is 7.96. The maximum atomic E-state index is 15.4. The average Bonchev–Trinajstić information content (AvgIpc) is 3.40. The van der Waals surface area contributed by atoms with Crippen molar-refractivity contribution in [3.63, 3.8) is 0 Å². The molecule has 1 aromatic heterocycles. The Kier molecular flexibility index (Phi) is 9.98. The van der Waals surface area contributed by atoms with E-state index >= 15 is 8.78 Å². The molecule has 39 heavy (non-hydrogen) atoms. The smallest absolute Gasteiger partial charge is 0.311 e. The van der Waals surface area contributed by atoms with Crippen molar-refractivity contribution in [3.8, 4) is 0 Å². The minimum atomic E-state index is -3.28. The number of nitrogens with one attached hydrogen (secondary N) is 1. The molecule has 0 aliphatic carbocycles. The predicted molar refractivity (Wildman–Crippen MR) is 152 cm³/mol. The van der Waals surface area contributed by atoms with E-state index in [1.165, 1.54) is 24.4 Å². The number of rotatable bonds is 6. The van der Waals surface area contributed by atoms with E-state index in [4.69, 9.17) is 0 Å². The number of nitrogens with zero attached hydrogens (tertiary/aromatic N) is 4. The van der Waals surface area contributed by atoms with Crippen molar-refractivity contribution in [2.45, 2.75) is 56.8 Å². The number of aromatic nitrogens is 1. The lowest BCUT2D eigenvalue weighted by molar-refractivity contribution is -0.120. The first-order chi connectivity index (χ1) is 17.5. The molecule has 11 heteroatoms. The monoisotopic (exact) mass is 587 g/mol. The number of alkyl halides is 3. The number of benzene rings is 1. The Morgan fingerprint density at radius 3 is 2.56 bits per heavy atom. The molecular formula is C28H38Cl2F3N5O. The molecule has 3 atom stereocenters. The minimum absolute atomic E-state index is 0. The highest BCUT2D eigenvalue weighted by Gasteiger charge is 2.43. The molecule has 2 fully saturated rings. The summed E-state index contributed by atoms with van der Waals surface area (Å²) >= 11 is 0. The third-order valence-corrected chi connectivity index (χ3v) is 7.96. The van der Waals surface area contributed by atoms with Crippen LogP contribution in [-0.2, 0) is 16.1 Å². The van der Waals surface area contributed by atoms with Crippen LogP contribution in [0.15, 0.2) is 42.6 Å². The summed E-state index contributed by atoms with van der Waals surface area (Å²) in [6.07, 6.45) is 1.27. The van der Waals surface area contributed by atoms with E-state index in [1.807, 2.05) is 13.8 Å². The van der Waals surface area contributed by atoms with E-state index in [1.54, 1.807) is 23.1 Å². The Hall–Kier alpha value is -1.91. The average molecular weight is 589 g/mol. The summed E-state index contributed by atoms with van der Waals surface area (Å²) in [7, 11) is 0. The Balaban J connectivity index is 0.00000210. The van der Waals surface area contributed by atoms with Gasteiger partial charge in [-0.1, -0.05) is 44.2 Å². The van der Waals surface area contributed by atoms with Gasteiger partial charge in [-0.3, -0.25) is 19.6 Å². The van der Waals surface area contributed by atoms with Gasteiger partial charge in [0.05, 0.1) is 12.2 Å². The Morgan fingerprint density at radius 2 is 1.90 bits per heavy atom. The van der Waals surface area contributed by atoms with E-state index < -0.39 is 17.5 Å². The van der Waals surface area contributed by atoms with E-state index in [0.29, 0.717) is 38.3 Å². The maximum Gasteiger partial charge on any atom is 0.314 e. The zero-order chi connectivity index (χ0) is 26.4. The Morgan fingerprint density at radius 1 is 1.18 bits per heavy atom. The third kappa shape index (κ3) is 6.54. The van der Waals surface area contributed by atoms with Gasteiger partial charge in [0, 0.05) is 74.1 Å². The van der Waals surface area contributed by atoms with Gasteiger partial charge in [0.15, 0.2) is 0 Å². The summed E-state index contributed by atoms with van der Waals surface area (Å²) in [4.78, 5) is 23.8. The number of likely N-dealkylation sites (tertiary alicyclic amines) is 1. The molecule has 3 aliphatic rings. The van der Waals surface area contributed by atoms with Gasteiger partial charge < -0.3 is 10.2 Å². The number of carbonyl (C=O) groups is 1. The molecule has 0 saturated carbocycles. The van der Waals surface area contributed by atoms with Crippen LogP contribution in [0.1, 0.15) is 44.0 Å². The zero-order valence-corrected chi connectivity index (χ0v) is 24.2. The molecular weight excluding hydrogens is 550 g/mol. The molecule has 0 bridgehead atoms. The van der Waals surface area contributed by atoms with Crippen molar-refractivity contribution in [1.82, 2.24) is 20.1 Å². The van der Waals surface area contributed by atoms with E-state index in [-0.39, 0.29) is 60.6 Å². The van der Waals surface area contributed by atoms with Crippen molar-refractivity contribution in [2.75, 3.05) is 50.7 Å². The number of hydrogen-bond donors (Lipinski definition) is 1. The summed E-state index contributed by atoms with van der Waals surface area (Å²) < 4.78 is 44.5. The fourth-order valence-corrected chi connectivity index (χ4v) is 5.86. The fraction of sp³-hybridized carbons (Fsp3) is 0.571. The summed E-state index contributed by atoms with van der Waals surface area (Å²) in [6, 6.07) is 9.32. The molecule has 1 amide bonds. The van der Waals surface area contributed by atoms with Crippen molar-refractivity contribution in [2.24, 2.45) is 0 Å². The predicted octanol–water partition coefficient (Wildman–Crippen LogP) is 4.40. The van der Waals surface area contributed by atoms with Gasteiger partial charge in [-0.15, -0.1) is 24.8 Å². The molecule has 2 saturated heterocycles. The van der Waals surface area contributed by atoms with Gasteiger partial charge in [0.1, 0.15) is 11.9 Å². The van der Waals surface area contributed by atoms with Crippen LogP contribution in [0.4, 0.5) is 18.9 Å². The molecule has 0 unspecified atom stereocenters. The topological polar surface area (TPSA) is 51.7 Å². The van der Waals surface area contributed by atoms with Gasteiger partial charge in [0.25, 0.3) is 0 Å². The molecule has 1 N–H and O–H groups in total. The van der Waals surface area contributed by atoms with Crippen LogP contribution in [0.25, 0.3) is 0 Å². The largest absolute Gasteiger partial charge is 0.314 e. The van der Waals surface area contributed by atoms with Crippen LogP contribution in [0.3, 0.4) is 0 Å². The normalized spacial score (nSPS) is 25.1. The first kappa shape index (κ1) is 31.6. The number of hydrogen-bond acceptors (Lipinski definition) is 5. The van der Waals surface area contributed by atoms with Crippen LogP contribution in [0.5, 0.6) is 0 Å². The van der Waals surface area contributed by atoms with Crippen molar-refractivity contribution in [1.29, 1.82) is 0 Å². The van der Waals surface area contributed by atoms with Crippen molar-refractivity contribution in [3.05, 3.63) is 59.4 Å². The second kappa shape index (κ2) is 12.3. The minimum Gasteiger partial charge on any atom is -0.311 e. The number of halogens is 5. The summed E-state index contributed by atoms with van der Waals surface area (Å²) in [5.41, 5.74) is 0.407. The Labute approximate surface area is 241 Å². The van der Waals surface area contributed by atoms with Crippen LogP contribution in [0.2, 0.25) is 0 Å². The molecule has 0 radical (unpaired) electrons. The van der Waals surface area contributed by atoms with Gasteiger partial charge >= 0.3 is 5.92 Å². The number of pyridine rings is 1. The number of piperazine rings is 1. The lowest BCUT2D eigenvalue weighted by Crippen LogP contribution is -2.60. The van der Waals surface area contributed by atoms with E-state index in [2.05, 4.69) is 27.0 Å². The van der Waals surface area contributed by atoms with E-state index in [9.17, 15) is 9.18 Å². The number of amides is 1. The molecule has 216 valence electrons. The van der Waals surface area contributed by atoms with E-state index in [0.717, 1.165) is 18.7 Å². The number of anilines is 1. The Bertz CT molecular complexity index is 1140. The molecule has 3 aliphatic heterocycles. The first-order valence-corrected chi connectivity index (χ1v) is 13.1. The molecule has 1 aromatic carbocycles. The van der Waals surface area contributed by atoms with Gasteiger partial charge in [-0.25, -0.2) is 4.39 Å². The number of fused-ring (bicyclic) bond motifs is 1. The SMILES string of the molecule is C[C@@H]1CN(CC(=O)N2CC(C)(C)c3cnc(C(F)(F)c4ccccc4)cc32)[C@@H](CN2CC[C@@H](F)C2)CN1.Cl.Cl. The summed E-state index contributed by atoms with van der Waals surface area (Å²) in [5, 5.41) is 3.48. The van der Waals surface area contributed by atoms with Crippen LogP contribution < -0.4 is 10.2 Å². The quantitative estimate of drug-likeness (QED) is 0.543. The molecule has 6 nitrogen and oxygen atoms in total. The lowest BCUT2D eigenvalue weighted by atomic mass is 9.88. The standard InChI is InChI=1S/C28H36F3N5O.2ClH/c1-19-14-35(22(12-32-19)16-34-10-9-21(29)15-34)17-26(37)36-18-27(2,3)23-13-33-25(11-24(23)36)28(30,31)20-7-5-4-6-8-20;;/h4-8,11,13,19,21-22,32H,9-10,12,14-18H2,1-3H3;2*1H/t19-,21-,22-;;/m1../s1. The first-order valence-electron chi connectivity index (χ1n) is 13.1. The zero-order valence-electron chi connectivity index (χ0n) is 22.6. The van der Waals surface area contributed by atoms with Crippen LogP contribution in [-0.4, -0.2) is 84.8 Å². The molecule has 2 aromatic rings. The van der Waals surface area contributed by atoms with Gasteiger partial charge in [0.2, 0.25) is 5.91 Å². The van der Waals surface area contributed by atoms with Crippen LogP contribution >= 0.6 is 24.8 Å². The summed E-state index contributed by atoms with van der Waals surface area (Å²) in [6.45, 7) is 9.98. The molecule has 5 rings (SSSR count). The highest BCUT2D eigenvalue weighted by molar-refractivity contribution is 5.97. The van der Waals surface area contributed by atoms with Crippen LogP contribution in [0, 0.1) is 0 Å². The molecule has 0 spiro atoms. The number of carbonyl (C=O) groups excluding carboxylic acids is 1. The van der Waals surface area contributed by atoms with Gasteiger partial charge in [-0.05, 0) is 19.4 Å². The lowest BCUT2D eigenvalue weighted by Gasteiger charge is -2.41. The second-order valence-electron chi connectivity index (χ2n) is 11.4. The second-order valence-corrected chi connectivity index (χ2v) is 11.4. The van der Waals surface area contributed by atoms with Crippen molar-refractivity contribution < 1.29 is 18.0 Å². The van der Waals surface area contributed by atoms with Crippen molar-refractivity contribution >= 4 is 36.4 Å². The molecule has 4 heterocycles. The summed E-state index contributed by atoms with van der Waals surface area (Å²) in [5.74, 6) is -3.39. The highest BCUT2D eigenvalue weighted by Crippen LogP contribution is 2.43. The fourth-order valence-electron chi connectivity index (χ4n) is 5.86. The van der Waals surface area contributed by atoms with Gasteiger partial charge in [-0.2, -0.15) is 8.78 Å².